The highest BCUT2D eigenvalue weighted by Gasteiger charge is 2.38. The number of ether oxygens (including phenoxy) is 4. The summed E-state index contributed by atoms with van der Waals surface area (Å²) in [4.78, 5) is 28.6. The number of para-hydroxylation sites is 1. The molecule has 0 bridgehead atoms. The van der Waals surface area contributed by atoms with Crippen LogP contribution in [0.2, 0.25) is 0 Å². The fraction of sp³-hybridized carbons (Fsp3) is 0.476. The van der Waals surface area contributed by atoms with Crippen LogP contribution in [0.1, 0.15) is 149 Å². The molecule has 2 fully saturated rings. The van der Waals surface area contributed by atoms with Crippen molar-refractivity contribution in [2.45, 2.75) is 123 Å². The predicted octanol–water partition coefficient (Wildman–Crippen LogP) is 12.9. The Bertz CT molecular complexity index is 2840. The van der Waals surface area contributed by atoms with E-state index in [0.29, 0.717) is 82.6 Å². The zero-order valence-electron chi connectivity index (χ0n) is 44.6. The van der Waals surface area contributed by atoms with Gasteiger partial charge in [-0.05, 0) is 146 Å². The number of unbranched alkanes of at least 4 members (excludes halogenated alkanes) is 3. The minimum Gasteiger partial charge on any atom is -0.490 e. The summed E-state index contributed by atoms with van der Waals surface area (Å²) >= 11 is 1.82. The Labute approximate surface area is 443 Å². The minimum atomic E-state index is -0.154. The molecule has 10 nitrogen and oxygen atoms in total. The van der Waals surface area contributed by atoms with Crippen molar-refractivity contribution in [2.75, 3.05) is 71.2 Å². The fourth-order valence-corrected chi connectivity index (χ4v) is 11.8. The highest BCUT2D eigenvalue weighted by Crippen LogP contribution is 2.46. The molecule has 4 aromatic rings. The lowest BCUT2D eigenvalue weighted by atomic mass is 9.80. The number of hydrogen-bond acceptors (Lipinski definition) is 8. The molecule has 2 heterocycles. The van der Waals surface area contributed by atoms with Gasteiger partial charge in [0.05, 0.1) is 19.8 Å². The van der Waals surface area contributed by atoms with Crippen molar-refractivity contribution in [3.63, 3.8) is 0 Å². The van der Waals surface area contributed by atoms with Crippen molar-refractivity contribution >= 4 is 38.9 Å². The molecular formula is C63H80N3O7S+. The number of carbonyl (C=O) groups is 2. The number of rotatable bonds is 28. The van der Waals surface area contributed by atoms with Crippen molar-refractivity contribution < 1.29 is 33.6 Å². The van der Waals surface area contributed by atoms with Gasteiger partial charge in [-0.25, -0.2) is 4.58 Å². The molecule has 0 unspecified atom stereocenters. The fourth-order valence-electron chi connectivity index (χ4n) is 10.6. The van der Waals surface area contributed by atoms with E-state index in [1.807, 2.05) is 41.7 Å². The molecule has 0 radical (unpaired) electrons. The van der Waals surface area contributed by atoms with Crippen LogP contribution in [0.4, 0.5) is 5.69 Å². The first-order chi connectivity index (χ1) is 36.2. The van der Waals surface area contributed by atoms with Crippen molar-refractivity contribution in [1.82, 2.24) is 9.89 Å². The van der Waals surface area contributed by atoms with E-state index in [9.17, 15) is 9.59 Å². The zero-order valence-corrected chi connectivity index (χ0v) is 45.5. The van der Waals surface area contributed by atoms with Crippen molar-refractivity contribution in [1.29, 1.82) is 0 Å². The number of carbonyl (C=O) groups excluding carboxylic acids is 2. The van der Waals surface area contributed by atoms with E-state index in [0.717, 1.165) is 102 Å². The van der Waals surface area contributed by atoms with Gasteiger partial charge in [-0.2, -0.15) is 0 Å². The molecule has 0 spiro atoms. The maximum Gasteiger partial charge on any atom is 0.251 e. The van der Waals surface area contributed by atoms with Crippen LogP contribution in [0.5, 0.6) is 11.5 Å². The van der Waals surface area contributed by atoms with Gasteiger partial charge in [0.15, 0.2) is 19.0 Å². The second-order valence-electron chi connectivity index (χ2n) is 20.3. The number of aliphatic hydroxyl groups excluding tert-OH is 1. The summed E-state index contributed by atoms with van der Waals surface area (Å²) in [6, 6.07) is 34.2. The molecule has 74 heavy (non-hydrogen) atoms. The SMILES string of the molecule is CCC(CC)c1ccccc1OCCOc1cc(NC(=O)C2C[N+](=c3ccc4c(-c5cc(C(=O)NCCOCCOCCCCCCO)ccc5C)c5ccc(C6CCC6)cc5sc-4c3)C2)ccc1C(CC)CC. The van der Waals surface area contributed by atoms with E-state index < -0.39 is 0 Å². The van der Waals surface area contributed by atoms with Crippen LogP contribution in [-0.4, -0.2) is 82.8 Å². The van der Waals surface area contributed by atoms with Crippen LogP contribution in [0, 0.1) is 12.8 Å². The molecular weight excluding hydrogens is 943 g/mol. The molecule has 2 aliphatic heterocycles. The average molecular weight is 1020 g/mol. The van der Waals surface area contributed by atoms with Crippen molar-refractivity contribution in [2.24, 2.45) is 5.92 Å². The molecule has 4 aliphatic rings. The maximum atomic E-state index is 13.9. The molecule has 1 saturated heterocycles. The quantitative estimate of drug-likeness (QED) is 0.0254. The molecule has 1 saturated carbocycles. The lowest BCUT2D eigenvalue weighted by Gasteiger charge is -2.26. The summed E-state index contributed by atoms with van der Waals surface area (Å²) < 4.78 is 27.7. The summed E-state index contributed by atoms with van der Waals surface area (Å²) in [7, 11) is 0. The topological polar surface area (TPSA) is 118 Å². The molecule has 2 aliphatic carbocycles. The van der Waals surface area contributed by atoms with Crippen molar-refractivity contribution in [3.05, 3.63) is 130 Å². The molecule has 0 atom stereocenters. The minimum absolute atomic E-state index is 0.0126. The number of aryl methyl sites for hydroxylation is 1. The summed E-state index contributed by atoms with van der Waals surface area (Å²) in [6.45, 7) is 15.8. The van der Waals surface area contributed by atoms with Gasteiger partial charge in [0.1, 0.15) is 24.7 Å². The van der Waals surface area contributed by atoms with Crippen LogP contribution in [-0.2, 0) is 14.3 Å². The number of nitrogens with one attached hydrogen (secondary N) is 2. The molecule has 11 heteroatoms. The monoisotopic (exact) mass is 1020 g/mol. The first kappa shape index (κ1) is 54.7. The van der Waals surface area contributed by atoms with Gasteiger partial charge in [-0.3, -0.25) is 9.59 Å². The molecule has 2 amide bonds. The van der Waals surface area contributed by atoms with Crippen molar-refractivity contribution in [3.8, 4) is 33.1 Å². The summed E-state index contributed by atoms with van der Waals surface area (Å²) in [6.07, 6.45) is 11.8. The molecule has 8 rings (SSSR count). The first-order valence-corrected chi connectivity index (χ1v) is 28.6. The van der Waals surface area contributed by atoms with Crippen LogP contribution in [0.25, 0.3) is 31.7 Å². The highest BCUT2D eigenvalue weighted by atomic mass is 32.1. The van der Waals surface area contributed by atoms with E-state index in [1.54, 1.807) is 0 Å². The predicted molar refractivity (Wildman–Crippen MR) is 302 cm³/mol. The van der Waals surface area contributed by atoms with Gasteiger partial charge in [-0.15, -0.1) is 11.3 Å². The Morgan fingerprint density at radius 3 is 2.15 bits per heavy atom. The Hall–Kier alpha value is -5.59. The lowest BCUT2D eigenvalue weighted by Crippen LogP contribution is -2.53. The third-order valence-corrected chi connectivity index (χ3v) is 16.6. The van der Waals surface area contributed by atoms with Crippen LogP contribution in [0.15, 0.2) is 97.1 Å². The number of aliphatic hydroxyl groups is 1. The Balaban J connectivity index is 0.951. The molecule has 0 aromatic heterocycles. The van der Waals surface area contributed by atoms with Gasteiger partial charge < -0.3 is 34.7 Å². The van der Waals surface area contributed by atoms with Crippen LogP contribution in [0.3, 0.4) is 0 Å². The normalized spacial score (nSPS) is 14.6. The summed E-state index contributed by atoms with van der Waals surface area (Å²) in [5.74, 6) is 2.88. The van der Waals surface area contributed by atoms with E-state index in [2.05, 4.69) is 117 Å². The lowest BCUT2D eigenvalue weighted by molar-refractivity contribution is -0.121. The third kappa shape index (κ3) is 13.6. The Kier molecular flexibility index (Phi) is 20.1. The average Bonchev–Trinajstić information content (AvgIpc) is 3.38. The first-order valence-electron chi connectivity index (χ1n) is 27.8. The van der Waals surface area contributed by atoms with Gasteiger partial charge in [-0.1, -0.05) is 89.4 Å². The number of nitrogens with zero attached hydrogens (tertiary/aromatic N) is 1. The molecule has 394 valence electrons. The van der Waals surface area contributed by atoms with E-state index in [1.165, 1.54) is 45.4 Å². The Morgan fingerprint density at radius 1 is 0.703 bits per heavy atom. The second kappa shape index (κ2) is 27.3. The summed E-state index contributed by atoms with van der Waals surface area (Å²) in [5, 5.41) is 17.5. The number of fused-ring (bicyclic) bond motifs is 2. The zero-order chi connectivity index (χ0) is 51.8. The van der Waals surface area contributed by atoms with Crippen LogP contribution >= 0.6 is 11.3 Å². The molecule has 4 aromatic carbocycles. The maximum absolute atomic E-state index is 13.9. The largest absolute Gasteiger partial charge is 0.490 e. The molecule has 3 N–H and O–H groups in total. The Morgan fingerprint density at radius 2 is 1.42 bits per heavy atom. The second-order valence-corrected chi connectivity index (χ2v) is 21.4. The number of anilines is 1. The number of benzene rings is 5. The number of hydrogen-bond donors (Lipinski definition) is 3. The van der Waals surface area contributed by atoms with Gasteiger partial charge in [0.2, 0.25) is 11.3 Å². The standard InChI is InChI=1S/C63H79N3O7S/c1-6-44(7-2)52-19-12-13-20-57(52)72-35-36-73-58-39-50(24-27-53(58)45(8-3)9-4)65-63(69)49-41-66(42-49)51-25-28-55-60(40-51)74-59-38-47(46-17-16-18-46)23-26-54(59)61(55)56-37-48(22-21-43(56)5)62(68)64-29-32-71-34-33-70-31-15-11-10-14-30-67/h12-13,19-28,37-40,44-46,49,67H,6-11,14-18,29-36,41-42H2,1-5H3,(H-,64,65,68,69)/p+1. The smallest absolute Gasteiger partial charge is 0.251 e. The summed E-state index contributed by atoms with van der Waals surface area (Å²) in [5.41, 5.74) is 9.60. The number of amides is 2. The van der Waals surface area contributed by atoms with E-state index in [4.69, 9.17) is 24.1 Å². The highest BCUT2D eigenvalue weighted by molar-refractivity contribution is 7.21. The van der Waals surface area contributed by atoms with Crippen LogP contribution < -0.4 is 30.0 Å². The van der Waals surface area contributed by atoms with Gasteiger partial charge in [0, 0.05) is 69.7 Å². The van der Waals surface area contributed by atoms with Gasteiger partial charge in [0.25, 0.3) is 5.91 Å². The van der Waals surface area contributed by atoms with Gasteiger partial charge >= 0.3 is 0 Å². The van der Waals surface area contributed by atoms with E-state index in [-0.39, 0.29) is 24.3 Å². The third-order valence-electron chi connectivity index (χ3n) is 15.4. The van der Waals surface area contributed by atoms with E-state index >= 15 is 0 Å².